The van der Waals surface area contributed by atoms with Crippen LogP contribution in [0, 0.1) is 0 Å². The summed E-state index contributed by atoms with van der Waals surface area (Å²) in [7, 11) is 0. The minimum Gasteiger partial charge on any atom is -0.481 e. The smallest absolute Gasteiger partial charge is 0.342 e. The first-order valence-electron chi connectivity index (χ1n) is 3.91. The molecule has 7 heteroatoms. The number of carboxylic acid groups (broad SMARTS) is 1. The Balaban J connectivity index is 2.57. The third-order valence-corrected chi connectivity index (χ3v) is 1.67. The predicted molar refractivity (Wildman–Crippen MR) is 45.4 cm³/mol. The molecule has 0 aromatic carbocycles. The molecule has 0 spiro atoms. The van der Waals surface area contributed by atoms with Crippen LogP contribution in [0.5, 0.6) is 0 Å². The van der Waals surface area contributed by atoms with Gasteiger partial charge >= 0.3 is 12.0 Å². The monoisotopic (exact) mass is 199 g/mol. The van der Waals surface area contributed by atoms with Crippen molar-refractivity contribution in [3.8, 4) is 0 Å². The number of aliphatic carboxylic acids is 1. The minimum atomic E-state index is -0.974. The van der Waals surface area contributed by atoms with Gasteiger partial charge in [0, 0.05) is 5.71 Å². The maximum absolute atomic E-state index is 11.0. The summed E-state index contributed by atoms with van der Waals surface area (Å²) >= 11 is 0. The zero-order valence-corrected chi connectivity index (χ0v) is 7.27. The second-order valence-electron chi connectivity index (χ2n) is 2.78. The van der Waals surface area contributed by atoms with E-state index in [1.165, 1.54) is 0 Å². The van der Waals surface area contributed by atoms with Gasteiger partial charge in [-0.15, -0.1) is 5.01 Å². The first-order valence-corrected chi connectivity index (χ1v) is 3.91. The average molecular weight is 199 g/mol. The molecule has 1 aliphatic rings. The fourth-order valence-electron chi connectivity index (χ4n) is 1.04. The van der Waals surface area contributed by atoms with E-state index in [2.05, 4.69) is 5.10 Å². The van der Waals surface area contributed by atoms with Crippen molar-refractivity contribution in [1.82, 2.24) is 5.01 Å². The Morgan fingerprint density at radius 1 is 1.57 bits per heavy atom. The number of hydrazone groups is 1. The van der Waals surface area contributed by atoms with E-state index < -0.39 is 17.9 Å². The van der Waals surface area contributed by atoms with Crippen LogP contribution in [-0.2, 0) is 9.59 Å². The summed E-state index contributed by atoms with van der Waals surface area (Å²) in [6, 6.07) is -0.944. The van der Waals surface area contributed by atoms with Crippen molar-refractivity contribution in [3.05, 3.63) is 0 Å². The number of carboxylic acids is 1. The number of hydrogen-bond acceptors (Lipinski definition) is 4. The highest BCUT2D eigenvalue weighted by molar-refractivity contribution is 6.10. The van der Waals surface area contributed by atoms with E-state index in [0.29, 0.717) is 10.7 Å². The maximum atomic E-state index is 11.0. The van der Waals surface area contributed by atoms with Gasteiger partial charge in [-0.25, -0.2) is 4.79 Å². The Morgan fingerprint density at radius 3 is 2.64 bits per heavy atom. The quantitative estimate of drug-likeness (QED) is 0.638. The lowest BCUT2D eigenvalue weighted by Gasteiger charge is -2.02. The fraction of sp³-hybridized carbons (Fsp3) is 0.429. The van der Waals surface area contributed by atoms with E-state index in [0.717, 1.165) is 0 Å². The summed E-state index contributed by atoms with van der Waals surface area (Å²) < 4.78 is 0. The lowest BCUT2D eigenvalue weighted by atomic mass is 10.1. The molecule has 1 heterocycles. The van der Waals surface area contributed by atoms with E-state index in [1.54, 1.807) is 0 Å². The summed E-state index contributed by atoms with van der Waals surface area (Å²) in [4.78, 5) is 31.8. The molecule has 0 aromatic rings. The number of primary amides is 1. The van der Waals surface area contributed by atoms with Crippen molar-refractivity contribution < 1.29 is 19.5 Å². The number of imide groups is 1. The van der Waals surface area contributed by atoms with Gasteiger partial charge in [0.05, 0.1) is 12.8 Å². The molecule has 1 rings (SSSR count). The molecule has 0 saturated carbocycles. The molecular formula is C7H9N3O4. The van der Waals surface area contributed by atoms with Gasteiger partial charge in [0.2, 0.25) is 0 Å². The molecule has 7 nitrogen and oxygen atoms in total. The maximum Gasteiger partial charge on any atom is 0.342 e. The number of amides is 3. The molecule has 0 saturated heterocycles. The van der Waals surface area contributed by atoms with E-state index >= 15 is 0 Å². The highest BCUT2D eigenvalue weighted by Crippen LogP contribution is 2.11. The largest absolute Gasteiger partial charge is 0.481 e. The van der Waals surface area contributed by atoms with Gasteiger partial charge in [-0.3, -0.25) is 9.59 Å². The topological polar surface area (TPSA) is 113 Å². The van der Waals surface area contributed by atoms with Crippen LogP contribution in [0.2, 0.25) is 0 Å². The van der Waals surface area contributed by atoms with E-state index in [9.17, 15) is 14.4 Å². The van der Waals surface area contributed by atoms with Crippen LogP contribution in [0.1, 0.15) is 19.3 Å². The van der Waals surface area contributed by atoms with Crippen molar-refractivity contribution in [3.63, 3.8) is 0 Å². The normalized spacial score (nSPS) is 15.6. The standard InChI is InChI=1S/C7H9N3O4/c8-7(14)10-5(11)3-4(9-10)1-2-6(12)13/h1-3H2,(H2,8,14)(H,12,13). The molecule has 14 heavy (non-hydrogen) atoms. The van der Waals surface area contributed by atoms with Gasteiger partial charge < -0.3 is 10.8 Å². The number of nitrogens with zero attached hydrogens (tertiary/aromatic N) is 2. The Kier molecular flexibility index (Phi) is 2.80. The van der Waals surface area contributed by atoms with Gasteiger partial charge in [0.25, 0.3) is 5.91 Å². The second-order valence-corrected chi connectivity index (χ2v) is 2.78. The van der Waals surface area contributed by atoms with Crippen LogP contribution in [0.4, 0.5) is 4.79 Å². The van der Waals surface area contributed by atoms with Crippen molar-refractivity contribution in [2.75, 3.05) is 0 Å². The average Bonchev–Trinajstić information content (AvgIpc) is 2.43. The van der Waals surface area contributed by atoms with Gasteiger partial charge in [-0.05, 0) is 6.42 Å². The minimum absolute atomic E-state index is 0.0315. The highest BCUT2D eigenvalue weighted by Gasteiger charge is 2.27. The third kappa shape index (κ3) is 2.28. The van der Waals surface area contributed by atoms with E-state index in [1.807, 2.05) is 0 Å². The zero-order chi connectivity index (χ0) is 10.7. The molecule has 0 aliphatic carbocycles. The lowest BCUT2D eigenvalue weighted by molar-refractivity contribution is -0.136. The molecule has 3 amide bonds. The molecule has 0 fully saturated rings. The molecular weight excluding hydrogens is 190 g/mol. The van der Waals surface area contributed by atoms with Crippen molar-refractivity contribution in [1.29, 1.82) is 0 Å². The number of carbonyl (C=O) groups excluding carboxylic acids is 2. The van der Waals surface area contributed by atoms with Crippen LogP contribution in [-0.4, -0.2) is 33.7 Å². The SMILES string of the molecule is NC(=O)N1N=C(CCC(=O)O)CC1=O. The molecule has 1 aliphatic heterocycles. The lowest BCUT2D eigenvalue weighted by Crippen LogP contribution is -2.33. The summed E-state index contributed by atoms with van der Waals surface area (Å²) in [6.07, 6.45) is 0.0137. The first kappa shape index (κ1) is 10.2. The summed E-state index contributed by atoms with van der Waals surface area (Å²) in [5.74, 6) is -1.49. The molecule has 3 N–H and O–H groups in total. The fourth-order valence-corrected chi connectivity index (χ4v) is 1.04. The van der Waals surface area contributed by atoms with Gasteiger partial charge in [-0.2, -0.15) is 5.10 Å². The van der Waals surface area contributed by atoms with Gasteiger partial charge in [0.15, 0.2) is 0 Å². The molecule has 0 unspecified atom stereocenters. The third-order valence-electron chi connectivity index (χ3n) is 1.67. The summed E-state index contributed by atoms with van der Waals surface area (Å²) in [6.45, 7) is 0. The Labute approximate surface area is 79.2 Å². The number of urea groups is 1. The second kappa shape index (κ2) is 3.86. The number of nitrogens with two attached hydrogens (primary N) is 1. The predicted octanol–water partition coefficient (Wildman–Crippen LogP) is -0.482. The highest BCUT2D eigenvalue weighted by atomic mass is 16.4. The number of rotatable bonds is 3. The number of hydrogen-bond donors (Lipinski definition) is 2. The Morgan fingerprint density at radius 2 is 2.21 bits per heavy atom. The van der Waals surface area contributed by atoms with Crippen molar-refractivity contribution >= 4 is 23.6 Å². The van der Waals surface area contributed by atoms with Crippen LogP contribution in [0.15, 0.2) is 5.10 Å². The van der Waals surface area contributed by atoms with Crippen LogP contribution >= 0.6 is 0 Å². The summed E-state index contributed by atoms with van der Waals surface area (Å²) in [5, 5.41) is 12.5. The van der Waals surface area contributed by atoms with Crippen LogP contribution < -0.4 is 5.73 Å². The molecule has 0 radical (unpaired) electrons. The molecule has 0 aromatic heterocycles. The van der Waals surface area contributed by atoms with Crippen LogP contribution in [0.25, 0.3) is 0 Å². The van der Waals surface area contributed by atoms with E-state index in [4.69, 9.17) is 10.8 Å². The number of carbonyl (C=O) groups is 3. The zero-order valence-electron chi connectivity index (χ0n) is 7.27. The summed E-state index contributed by atoms with van der Waals surface area (Å²) in [5.41, 5.74) is 5.22. The van der Waals surface area contributed by atoms with Crippen molar-refractivity contribution in [2.45, 2.75) is 19.3 Å². The molecule has 76 valence electrons. The first-order chi connectivity index (χ1) is 6.50. The molecule has 0 atom stereocenters. The Bertz CT molecular complexity index is 323. The molecule has 0 bridgehead atoms. The van der Waals surface area contributed by atoms with Gasteiger partial charge in [0.1, 0.15) is 0 Å². The van der Waals surface area contributed by atoms with Crippen LogP contribution in [0.3, 0.4) is 0 Å². The van der Waals surface area contributed by atoms with Gasteiger partial charge in [-0.1, -0.05) is 0 Å². The van der Waals surface area contributed by atoms with E-state index in [-0.39, 0.29) is 19.3 Å². The van der Waals surface area contributed by atoms with Crippen molar-refractivity contribution in [2.24, 2.45) is 10.8 Å². The Hall–Kier alpha value is -1.92.